The molecule has 0 fully saturated rings. The summed E-state index contributed by atoms with van der Waals surface area (Å²) in [5.74, 6) is 0.166. The predicted molar refractivity (Wildman–Crippen MR) is 116 cm³/mol. The van der Waals surface area contributed by atoms with E-state index in [9.17, 15) is 9.59 Å². The Morgan fingerprint density at radius 2 is 1.48 bits per heavy atom. The third-order valence-corrected chi connectivity index (χ3v) is 4.55. The average molecular weight is 387 g/mol. The molecule has 2 amide bonds. The Labute approximate surface area is 171 Å². The van der Waals surface area contributed by atoms with Crippen LogP contribution < -0.4 is 10.6 Å². The van der Waals surface area contributed by atoms with E-state index in [0.29, 0.717) is 28.4 Å². The number of nitrogens with one attached hydrogen (secondary N) is 2. The molecule has 1 heterocycles. The van der Waals surface area contributed by atoms with Gasteiger partial charge in [-0.15, -0.1) is 0 Å². The van der Waals surface area contributed by atoms with E-state index >= 15 is 0 Å². The number of nitrogens with zero attached hydrogens (tertiary/aromatic N) is 1. The monoisotopic (exact) mass is 387 g/mol. The fourth-order valence-electron chi connectivity index (χ4n) is 3.00. The van der Waals surface area contributed by atoms with Crippen molar-refractivity contribution in [1.29, 1.82) is 0 Å². The summed E-state index contributed by atoms with van der Waals surface area (Å²) in [7, 11) is 0. The molecular weight excluding hydrogens is 362 g/mol. The minimum absolute atomic E-state index is 0.184. The van der Waals surface area contributed by atoms with Gasteiger partial charge in [-0.3, -0.25) is 14.6 Å². The first-order chi connectivity index (χ1) is 13.9. The molecule has 0 saturated heterocycles. The van der Waals surface area contributed by atoms with E-state index in [1.165, 1.54) is 5.56 Å². The Balaban J connectivity index is 1.70. The predicted octanol–water partition coefficient (Wildman–Crippen LogP) is 5.09. The molecule has 0 aliphatic carbocycles. The molecule has 0 bridgehead atoms. The molecule has 3 rings (SSSR count). The van der Waals surface area contributed by atoms with Crippen LogP contribution in [-0.4, -0.2) is 16.8 Å². The highest BCUT2D eigenvalue weighted by molar-refractivity contribution is 6.06. The summed E-state index contributed by atoms with van der Waals surface area (Å²) < 4.78 is 0. The molecule has 2 aromatic carbocycles. The van der Waals surface area contributed by atoms with Crippen LogP contribution in [0, 0.1) is 12.8 Å². The smallest absolute Gasteiger partial charge is 0.255 e. The van der Waals surface area contributed by atoms with Crippen molar-refractivity contribution >= 4 is 23.2 Å². The van der Waals surface area contributed by atoms with E-state index in [-0.39, 0.29) is 11.8 Å². The Morgan fingerprint density at radius 1 is 0.862 bits per heavy atom. The highest BCUT2D eigenvalue weighted by atomic mass is 16.2. The number of anilines is 2. The van der Waals surface area contributed by atoms with Crippen molar-refractivity contribution in [1.82, 2.24) is 4.98 Å². The highest BCUT2D eigenvalue weighted by Crippen LogP contribution is 2.22. The van der Waals surface area contributed by atoms with Gasteiger partial charge in [0.1, 0.15) is 0 Å². The van der Waals surface area contributed by atoms with Crippen LogP contribution in [0.4, 0.5) is 11.4 Å². The fraction of sp³-hybridized carbons (Fsp3) is 0.208. The molecule has 0 radical (unpaired) electrons. The summed E-state index contributed by atoms with van der Waals surface area (Å²) in [6.07, 6.45) is 4.14. The lowest BCUT2D eigenvalue weighted by molar-refractivity contribution is 0.101. The van der Waals surface area contributed by atoms with Crippen LogP contribution in [-0.2, 0) is 6.42 Å². The summed E-state index contributed by atoms with van der Waals surface area (Å²) in [6, 6.07) is 16.4. The Kier molecular flexibility index (Phi) is 6.39. The molecule has 1 aromatic heterocycles. The van der Waals surface area contributed by atoms with Gasteiger partial charge in [-0.1, -0.05) is 32.0 Å². The zero-order valence-electron chi connectivity index (χ0n) is 16.9. The van der Waals surface area contributed by atoms with Crippen molar-refractivity contribution < 1.29 is 9.59 Å². The fourth-order valence-corrected chi connectivity index (χ4v) is 3.00. The third-order valence-electron chi connectivity index (χ3n) is 4.55. The maximum Gasteiger partial charge on any atom is 0.255 e. The van der Waals surface area contributed by atoms with Gasteiger partial charge in [-0.05, 0) is 66.8 Å². The van der Waals surface area contributed by atoms with Crippen molar-refractivity contribution in [2.45, 2.75) is 27.2 Å². The van der Waals surface area contributed by atoms with E-state index in [4.69, 9.17) is 0 Å². The molecule has 148 valence electrons. The van der Waals surface area contributed by atoms with E-state index in [1.807, 2.05) is 43.3 Å². The van der Waals surface area contributed by atoms with Gasteiger partial charge in [-0.25, -0.2) is 0 Å². The SMILES string of the molecule is Cc1ccc(NC(=O)c2ccc(CC(C)C)cc2)cc1NC(=O)c1ccncc1. The average Bonchev–Trinajstić information content (AvgIpc) is 2.71. The van der Waals surface area contributed by atoms with Crippen LogP contribution in [0.15, 0.2) is 67.0 Å². The number of hydrogen-bond acceptors (Lipinski definition) is 3. The minimum atomic E-state index is -0.222. The molecular formula is C24H25N3O2. The maximum atomic E-state index is 12.6. The molecule has 0 atom stereocenters. The number of amides is 2. The largest absolute Gasteiger partial charge is 0.322 e. The van der Waals surface area contributed by atoms with E-state index < -0.39 is 0 Å². The number of aryl methyl sites for hydroxylation is 1. The molecule has 0 aliphatic heterocycles. The van der Waals surface area contributed by atoms with Gasteiger partial charge in [0.2, 0.25) is 0 Å². The summed E-state index contributed by atoms with van der Waals surface area (Å²) in [6.45, 7) is 6.24. The zero-order chi connectivity index (χ0) is 20.8. The standard InChI is InChI=1S/C24H25N3O2/c1-16(2)14-18-5-7-19(8-6-18)23(28)26-21-9-4-17(3)22(15-21)27-24(29)20-10-12-25-13-11-20/h4-13,15-16H,14H2,1-3H3,(H,26,28)(H,27,29). The zero-order valence-corrected chi connectivity index (χ0v) is 16.9. The second-order valence-corrected chi connectivity index (χ2v) is 7.47. The number of carbonyl (C=O) groups is 2. The van der Waals surface area contributed by atoms with Gasteiger partial charge in [0.05, 0.1) is 0 Å². The van der Waals surface area contributed by atoms with Crippen molar-refractivity contribution in [3.63, 3.8) is 0 Å². The van der Waals surface area contributed by atoms with Crippen LogP contribution in [0.5, 0.6) is 0 Å². The summed E-state index contributed by atoms with van der Waals surface area (Å²) in [5, 5.41) is 5.79. The lowest BCUT2D eigenvalue weighted by Crippen LogP contribution is -2.15. The van der Waals surface area contributed by atoms with Crippen molar-refractivity contribution in [2.24, 2.45) is 5.92 Å². The number of aromatic nitrogens is 1. The van der Waals surface area contributed by atoms with Gasteiger partial charge in [-0.2, -0.15) is 0 Å². The molecule has 3 aromatic rings. The number of rotatable bonds is 6. The van der Waals surface area contributed by atoms with Crippen LogP contribution in [0.25, 0.3) is 0 Å². The van der Waals surface area contributed by atoms with Crippen molar-refractivity contribution in [3.05, 3.63) is 89.2 Å². The molecule has 5 heteroatoms. The van der Waals surface area contributed by atoms with E-state index in [2.05, 4.69) is 29.5 Å². The molecule has 5 nitrogen and oxygen atoms in total. The van der Waals surface area contributed by atoms with Crippen molar-refractivity contribution in [3.8, 4) is 0 Å². The lowest BCUT2D eigenvalue weighted by Gasteiger charge is -2.12. The highest BCUT2D eigenvalue weighted by Gasteiger charge is 2.11. The molecule has 2 N–H and O–H groups in total. The Bertz CT molecular complexity index is 996. The molecule has 0 aliphatic rings. The summed E-state index contributed by atoms with van der Waals surface area (Å²) in [4.78, 5) is 28.9. The van der Waals surface area contributed by atoms with Crippen LogP contribution in [0.3, 0.4) is 0 Å². The molecule has 0 unspecified atom stereocenters. The van der Waals surface area contributed by atoms with Crippen LogP contribution >= 0.6 is 0 Å². The number of benzene rings is 2. The second-order valence-electron chi connectivity index (χ2n) is 7.47. The third kappa shape index (κ3) is 5.51. The molecule has 29 heavy (non-hydrogen) atoms. The number of carbonyl (C=O) groups excluding carboxylic acids is 2. The number of hydrogen-bond donors (Lipinski definition) is 2. The number of pyridine rings is 1. The first kappa shape index (κ1) is 20.3. The first-order valence-corrected chi connectivity index (χ1v) is 9.64. The Morgan fingerprint density at radius 3 is 2.14 bits per heavy atom. The minimum Gasteiger partial charge on any atom is -0.322 e. The van der Waals surface area contributed by atoms with Gasteiger partial charge in [0, 0.05) is 34.9 Å². The molecule has 0 saturated carbocycles. The van der Waals surface area contributed by atoms with Crippen molar-refractivity contribution in [2.75, 3.05) is 10.6 Å². The van der Waals surface area contributed by atoms with Gasteiger partial charge in [0.15, 0.2) is 0 Å². The van der Waals surface area contributed by atoms with Gasteiger partial charge >= 0.3 is 0 Å². The van der Waals surface area contributed by atoms with E-state index in [1.54, 1.807) is 30.6 Å². The topological polar surface area (TPSA) is 71.1 Å². The maximum absolute atomic E-state index is 12.6. The summed E-state index contributed by atoms with van der Waals surface area (Å²) >= 11 is 0. The first-order valence-electron chi connectivity index (χ1n) is 9.64. The quantitative estimate of drug-likeness (QED) is 0.619. The lowest BCUT2D eigenvalue weighted by atomic mass is 10.0. The second kappa shape index (κ2) is 9.15. The summed E-state index contributed by atoms with van der Waals surface area (Å²) in [5.41, 5.74) is 4.51. The van der Waals surface area contributed by atoms with E-state index in [0.717, 1.165) is 12.0 Å². The van der Waals surface area contributed by atoms with Crippen LogP contribution in [0.1, 0.15) is 45.7 Å². The van der Waals surface area contributed by atoms with Crippen LogP contribution in [0.2, 0.25) is 0 Å². The van der Waals surface area contributed by atoms with Gasteiger partial charge < -0.3 is 10.6 Å². The Hall–Kier alpha value is -3.47. The normalized spacial score (nSPS) is 10.6. The molecule has 0 spiro atoms. The van der Waals surface area contributed by atoms with Gasteiger partial charge in [0.25, 0.3) is 11.8 Å².